The molecule has 1 aromatic heterocycles. The number of hydrogen-bond acceptors (Lipinski definition) is 2. The Morgan fingerprint density at radius 3 is 2.56 bits per heavy atom. The Hall–Kier alpha value is -1.56. The van der Waals surface area contributed by atoms with Crippen LogP contribution in [0.5, 0.6) is 0 Å². The Kier molecular flexibility index (Phi) is 3.54. The molecule has 3 nitrogen and oxygen atoms in total. The van der Waals surface area contributed by atoms with E-state index in [0.717, 1.165) is 18.2 Å². The molecule has 0 aliphatic carbocycles. The molecule has 0 radical (unpaired) electrons. The summed E-state index contributed by atoms with van der Waals surface area (Å²) in [6.07, 6.45) is -3.27. The molecule has 0 spiro atoms. The molecule has 0 saturated heterocycles. The second-order valence-electron chi connectivity index (χ2n) is 2.74. The van der Waals surface area contributed by atoms with Crippen molar-refractivity contribution in [2.75, 3.05) is 0 Å². The number of carboxylic acids is 1. The summed E-state index contributed by atoms with van der Waals surface area (Å²) in [6, 6.07) is 2.20. The van der Waals surface area contributed by atoms with Gasteiger partial charge in [0.05, 0.1) is 0 Å². The van der Waals surface area contributed by atoms with Crippen molar-refractivity contribution in [2.24, 2.45) is 0 Å². The van der Waals surface area contributed by atoms with Gasteiger partial charge in [-0.3, -0.25) is 0 Å². The molecule has 16 heavy (non-hydrogen) atoms. The van der Waals surface area contributed by atoms with Crippen molar-refractivity contribution >= 4 is 23.6 Å². The molecule has 0 fully saturated rings. The molecule has 0 aliphatic heterocycles. The van der Waals surface area contributed by atoms with Gasteiger partial charge in [-0.1, -0.05) is 11.6 Å². The number of rotatable bonds is 2. The van der Waals surface area contributed by atoms with Crippen LogP contribution in [0.2, 0.25) is 5.15 Å². The van der Waals surface area contributed by atoms with Crippen LogP contribution in [-0.2, 0) is 11.0 Å². The lowest BCUT2D eigenvalue weighted by atomic mass is 10.1. The van der Waals surface area contributed by atoms with Gasteiger partial charge in [0, 0.05) is 11.6 Å². The van der Waals surface area contributed by atoms with Gasteiger partial charge in [0.2, 0.25) is 0 Å². The lowest BCUT2D eigenvalue weighted by molar-refractivity contribution is -0.141. The SMILES string of the molecule is O=C(O)C=Cc1ccc(Cl)nc1C(F)(F)F. The van der Waals surface area contributed by atoms with Gasteiger partial charge < -0.3 is 5.11 Å². The number of hydrogen-bond donors (Lipinski definition) is 1. The summed E-state index contributed by atoms with van der Waals surface area (Å²) in [4.78, 5) is 13.3. The Bertz CT molecular complexity index is 443. The van der Waals surface area contributed by atoms with E-state index in [4.69, 9.17) is 16.7 Å². The zero-order valence-corrected chi connectivity index (χ0v) is 8.38. The van der Waals surface area contributed by atoms with E-state index in [9.17, 15) is 18.0 Å². The van der Waals surface area contributed by atoms with E-state index in [2.05, 4.69) is 4.98 Å². The first kappa shape index (κ1) is 12.5. The molecule has 1 N–H and O–H groups in total. The summed E-state index contributed by atoms with van der Waals surface area (Å²) >= 11 is 5.33. The van der Waals surface area contributed by atoms with Gasteiger partial charge in [-0.05, 0) is 18.2 Å². The second kappa shape index (κ2) is 4.52. The van der Waals surface area contributed by atoms with Crippen molar-refractivity contribution < 1.29 is 23.1 Å². The van der Waals surface area contributed by atoms with Crippen LogP contribution in [0.1, 0.15) is 11.3 Å². The van der Waals surface area contributed by atoms with E-state index in [1.54, 1.807) is 0 Å². The summed E-state index contributed by atoms with van der Waals surface area (Å²) in [5.41, 5.74) is -1.56. The van der Waals surface area contributed by atoms with Crippen molar-refractivity contribution in [1.82, 2.24) is 4.98 Å². The third kappa shape index (κ3) is 3.23. The first-order valence-corrected chi connectivity index (χ1v) is 4.33. The summed E-state index contributed by atoms with van der Waals surface area (Å²) in [5, 5.41) is 8.00. The summed E-state index contributed by atoms with van der Waals surface area (Å²) in [6.45, 7) is 0. The quantitative estimate of drug-likeness (QED) is 0.649. The average Bonchev–Trinajstić information content (AvgIpc) is 2.14. The highest BCUT2D eigenvalue weighted by Gasteiger charge is 2.35. The Labute approximate surface area is 93.2 Å². The zero-order valence-electron chi connectivity index (χ0n) is 7.62. The zero-order chi connectivity index (χ0) is 12.3. The first-order valence-electron chi connectivity index (χ1n) is 3.95. The molecule has 1 rings (SSSR count). The third-order valence-electron chi connectivity index (χ3n) is 1.57. The molecule has 86 valence electrons. The molecule has 0 unspecified atom stereocenters. The number of aromatic nitrogens is 1. The number of aliphatic carboxylic acids is 1. The molecular weight excluding hydrogens is 247 g/mol. The smallest absolute Gasteiger partial charge is 0.433 e. The molecule has 7 heteroatoms. The van der Waals surface area contributed by atoms with Gasteiger partial charge in [-0.2, -0.15) is 13.2 Å². The van der Waals surface area contributed by atoms with Crippen LogP contribution in [0.15, 0.2) is 18.2 Å². The first-order chi connectivity index (χ1) is 7.30. The van der Waals surface area contributed by atoms with Crippen molar-refractivity contribution in [3.8, 4) is 0 Å². The second-order valence-corrected chi connectivity index (χ2v) is 3.13. The third-order valence-corrected chi connectivity index (χ3v) is 1.78. The number of carbonyl (C=O) groups is 1. The molecule has 0 bridgehead atoms. The van der Waals surface area contributed by atoms with Gasteiger partial charge in [0.25, 0.3) is 0 Å². The fourth-order valence-corrected chi connectivity index (χ4v) is 1.12. The van der Waals surface area contributed by atoms with E-state index in [1.165, 1.54) is 0 Å². The van der Waals surface area contributed by atoms with E-state index in [1.807, 2.05) is 0 Å². The lowest BCUT2D eigenvalue weighted by Gasteiger charge is -2.08. The van der Waals surface area contributed by atoms with Crippen molar-refractivity contribution in [1.29, 1.82) is 0 Å². The summed E-state index contributed by atoms with van der Waals surface area (Å²) in [5.74, 6) is -1.34. The predicted molar refractivity (Wildman–Crippen MR) is 50.9 cm³/mol. The fourth-order valence-electron chi connectivity index (χ4n) is 0.969. The minimum atomic E-state index is -4.68. The average molecular weight is 252 g/mol. The maximum absolute atomic E-state index is 12.5. The van der Waals surface area contributed by atoms with Crippen LogP contribution >= 0.6 is 11.6 Å². The van der Waals surface area contributed by atoms with E-state index < -0.39 is 17.8 Å². The normalized spacial score (nSPS) is 12.0. The molecule has 0 saturated carbocycles. The molecule has 0 aliphatic rings. The van der Waals surface area contributed by atoms with E-state index >= 15 is 0 Å². The molecule has 1 aromatic rings. The Balaban J connectivity index is 3.23. The summed E-state index contributed by atoms with van der Waals surface area (Å²) in [7, 11) is 0. The molecular formula is C9H5ClF3NO2. The lowest BCUT2D eigenvalue weighted by Crippen LogP contribution is -2.10. The van der Waals surface area contributed by atoms with Crippen LogP contribution in [0.4, 0.5) is 13.2 Å². The van der Waals surface area contributed by atoms with Gasteiger partial charge >= 0.3 is 12.1 Å². The van der Waals surface area contributed by atoms with E-state index in [-0.39, 0.29) is 10.7 Å². The van der Waals surface area contributed by atoms with Crippen molar-refractivity contribution in [2.45, 2.75) is 6.18 Å². The van der Waals surface area contributed by atoms with E-state index in [0.29, 0.717) is 6.08 Å². The minimum absolute atomic E-state index is 0.306. The van der Waals surface area contributed by atoms with Gasteiger partial charge in [0.1, 0.15) is 5.15 Å². The monoisotopic (exact) mass is 251 g/mol. The van der Waals surface area contributed by atoms with Crippen LogP contribution in [0.3, 0.4) is 0 Å². The highest BCUT2D eigenvalue weighted by Crippen LogP contribution is 2.31. The maximum atomic E-state index is 12.5. The van der Waals surface area contributed by atoms with Crippen LogP contribution in [0, 0.1) is 0 Å². The van der Waals surface area contributed by atoms with Crippen LogP contribution < -0.4 is 0 Å². The van der Waals surface area contributed by atoms with Crippen molar-refractivity contribution in [3.05, 3.63) is 34.6 Å². The minimum Gasteiger partial charge on any atom is -0.478 e. The highest BCUT2D eigenvalue weighted by molar-refractivity contribution is 6.29. The molecule has 0 aromatic carbocycles. The summed E-state index contributed by atoms with van der Waals surface area (Å²) < 4.78 is 37.4. The number of halogens is 4. The standard InChI is InChI=1S/C9H5ClF3NO2/c10-6-3-1-5(2-4-7(15)16)8(14-6)9(11,12)13/h1-4H,(H,15,16). The largest absolute Gasteiger partial charge is 0.478 e. The highest BCUT2D eigenvalue weighted by atomic mass is 35.5. The predicted octanol–water partition coefficient (Wildman–Crippen LogP) is 2.85. The topological polar surface area (TPSA) is 50.2 Å². The van der Waals surface area contributed by atoms with Crippen molar-refractivity contribution in [3.63, 3.8) is 0 Å². The number of pyridine rings is 1. The van der Waals surface area contributed by atoms with Crippen LogP contribution in [-0.4, -0.2) is 16.1 Å². The van der Waals surface area contributed by atoms with Gasteiger partial charge in [-0.15, -0.1) is 0 Å². The molecule has 0 atom stereocenters. The molecule has 0 amide bonds. The Morgan fingerprint density at radius 2 is 2.06 bits per heavy atom. The molecule has 1 heterocycles. The number of nitrogens with zero attached hydrogens (tertiary/aromatic N) is 1. The number of carboxylic acid groups (broad SMARTS) is 1. The maximum Gasteiger partial charge on any atom is 0.433 e. The van der Waals surface area contributed by atoms with Crippen LogP contribution in [0.25, 0.3) is 6.08 Å². The Morgan fingerprint density at radius 1 is 1.44 bits per heavy atom. The fraction of sp³-hybridized carbons (Fsp3) is 0.111. The van der Waals surface area contributed by atoms with Gasteiger partial charge in [-0.25, -0.2) is 9.78 Å². The van der Waals surface area contributed by atoms with Gasteiger partial charge in [0.15, 0.2) is 5.69 Å². The number of alkyl halides is 3.